The highest BCUT2D eigenvalue weighted by Gasteiger charge is 1.98. The molecule has 0 aliphatic rings. The highest BCUT2D eigenvalue weighted by molar-refractivity contribution is 9.50. The molecule has 10 heavy (non-hydrogen) atoms. The first kappa shape index (κ1) is 8.72. The van der Waals surface area contributed by atoms with Gasteiger partial charge in [-0.25, -0.2) is 0 Å². The van der Waals surface area contributed by atoms with Gasteiger partial charge in [-0.15, -0.1) is 0 Å². The lowest BCUT2D eigenvalue weighted by molar-refractivity contribution is 1.48. The van der Waals surface area contributed by atoms with Crippen LogP contribution in [0.15, 0.2) is 23.1 Å². The summed E-state index contributed by atoms with van der Waals surface area (Å²) < 4.78 is 0. The van der Waals surface area contributed by atoms with Crippen LogP contribution in [0, 0.1) is 0 Å². The third-order valence-corrected chi connectivity index (χ3v) is 3.20. The van der Waals surface area contributed by atoms with Crippen molar-refractivity contribution in [2.75, 3.05) is 0 Å². The lowest BCUT2D eigenvalue weighted by atomic mass is 10.4. The van der Waals surface area contributed by atoms with Gasteiger partial charge in [-0.2, -0.15) is 0 Å². The van der Waals surface area contributed by atoms with Crippen molar-refractivity contribution < 1.29 is 0 Å². The average Bonchev–Trinajstić information content (AvgIpc) is 1.94. The first-order valence-electron chi connectivity index (χ1n) is 2.47. The SMILES string of the molecule is Clc1ccc(Cl)c(SBr)c1. The monoisotopic (exact) mass is 256 g/mol. The van der Waals surface area contributed by atoms with E-state index in [1.807, 2.05) is 6.07 Å². The molecular weight excluding hydrogens is 255 g/mol. The van der Waals surface area contributed by atoms with Crippen LogP contribution in [-0.2, 0) is 0 Å². The summed E-state index contributed by atoms with van der Waals surface area (Å²) in [6, 6.07) is 5.34. The maximum absolute atomic E-state index is 5.79. The fourth-order valence-corrected chi connectivity index (χ4v) is 2.40. The molecule has 4 heteroatoms. The van der Waals surface area contributed by atoms with Gasteiger partial charge in [0.2, 0.25) is 0 Å². The molecule has 1 aromatic rings. The minimum atomic E-state index is 0.700. The van der Waals surface area contributed by atoms with Gasteiger partial charge >= 0.3 is 0 Å². The second-order valence-electron chi connectivity index (χ2n) is 1.65. The summed E-state index contributed by atoms with van der Waals surface area (Å²) in [7, 11) is 1.41. The van der Waals surface area contributed by atoms with Gasteiger partial charge in [0.25, 0.3) is 0 Å². The van der Waals surface area contributed by atoms with Gasteiger partial charge in [-0.1, -0.05) is 23.2 Å². The third-order valence-electron chi connectivity index (χ3n) is 0.976. The Morgan fingerprint density at radius 2 is 2.00 bits per heavy atom. The lowest BCUT2D eigenvalue weighted by Gasteiger charge is -1.97. The molecule has 0 radical (unpaired) electrons. The van der Waals surface area contributed by atoms with E-state index in [2.05, 4.69) is 14.8 Å². The van der Waals surface area contributed by atoms with Gasteiger partial charge in [0, 0.05) is 9.92 Å². The van der Waals surface area contributed by atoms with Crippen LogP contribution < -0.4 is 0 Å². The number of benzene rings is 1. The molecule has 0 nitrogen and oxygen atoms in total. The van der Waals surface area contributed by atoms with Crippen LogP contribution >= 0.6 is 48.2 Å². The number of rotatable bonds is 1. The van der Waals surface area contributed by atoms with Crippen LogP contribution in [0.25, 0.3) is 0 Å². The molecule has 0 amide bonds. The standard InChI is InChI=1S/C6H3BrCl2S/c7-10-6-3-4(8)1-2-5(6)9/h1-3H. The van der Waals surface area contributed by atoms with Gasteiger partial charge < -0.3 is 0 Å². The zero-order valence-corrected chi connectivity index (χ0v) is 8.69. The molecule has 0 aromatic heterocycles. The summed E-state index contributed by atoms with van der Waals surface area (Å²) in [4.78, 5) is 0.939. The molecule has 0 saturated heterocycles. The average molecular weight is 258 g/mol. The van der Waals surface area contributed by atoms with Gasteiger partial charge in [0.15, 0.2) is 0 Å². The maximum Gasteiger partial charge on any atom is 0.0551 e. The van der Waals surface area contributed by atoms with Crippen LogP contribution in [0.5, 0.6) is 0 Å². The van der Waals surface area contributed by atoms with E-state index in [9.17, 15) is 0 Å². The Hall–Kier alpha value is 0.630. The minimum absolute atomic E-state index is 0.700. The third kappa shape index (κ3) is 2.06. The largest absolute Gasteiger partial charge is 0.0843 e. The second kappa shape index (κ2) is 3.86. The van der Waals surface area contributed by atoms with E-state index in [1.165, 1.54) is 10.2 Å². The quantitative estimate of drug-likeness (QED) is 0.719. The Kier molecular flexibility index (Phi) is 3.37. The Morgan fingerprint density at radius 1 is 1.30 bits per heavy atom. The second-order valence-corrected chi connectivity index (χ2v) is 4.06. The molecule has 0 heterocycles. The maximum atomic E-state index is 5.79. The predicted octanol–water partition coefficient (Wildman–Crippen LogP) is 4.40. The Morgan fingerprint density at radius 3 is 2.50 bits per heavy atom. The van der Waals surface area contributed by atoms with Crippen molar-refractivity contribution in [2.24, 2.45) is 0 Å². The van der Waals surface area contributed by atoms with Crippen molar-refractivity contribution in [2.45, 2.75) is 4.90 Å². The number of hydrogen-bond acceptors (Lipinski definition) is 1. The molecule has 0 unspecified atom stereocenters. The van der Waals surface area contributed by atoms with E-state index in [1.54, 1.807) is 12.1 Å². The van der Waals surface area contributed by atoms with Crippen LogP contribution in [-0.4, -0.2) is 0 Å². The van der Waals surface area contributed by atoms with Crippen molar-refractivity contribution in [1.82, 2.24) is 0 Å². The highest BCUT2D eigenvalue weighted by Crippen LogP contribution is 2.33. The summed E-state index contributed by atoms with van der Waals surface area (Å²) in [6.45, 7) is 0. The van der Waals surface area contributed by atoms with Crippen molar-refractivity contribution in [3.63, 3.8) is 0 Å². The highest BCUT2D eigenvalue weighted by atomic mass is 79.9. The van der Waals surface area contributed by atoms with Crippen LogP contribution in [0.3, 0.4) is 0 Å². The van der Waals surface area contributed by atoms with E-state index in [0.29, 0.717) is 10.0 Å². The summed E-state index contributed by atoms with van der Waals surface area (Å²) in [5, 5.41) is 1.41. The molecule has 1 aromatic carbocycles. The predicted molar refractivity (Wildman–Crippen MR) is 51.2 cm³/mol. The Balaban J connectivity index is 3.09. The smallest absolute Gasteiger partial charge is 0.0551 e. The zero-order chi connectivity index (χ0) is 7.56. The van der Waals surface area contributed by atoms with Gasteiger partial charge in [-0.3, -0.25) is 0 Å². The number of halogens is 3. The van der Waals surface area contributed by atoms with E-state index < -0.39 is 0 Å². The van der Waals surface area contributed by atoms with Crippen molar-refractivity contribution in [1.29, 1.82) is 0 Å². The Bertz CT molecular complexity index is 239. The van der Waals surface area contributed by atoms with Gasteiger partial charge in [0.05, 0.1) is 5.02 Å². The summed E-state index contributed by atoms with van der Waals surface area (Å²) in [6.07, 6.45) is 0. The van der Waals surface area contributed by atoms with Crippen LogP contribution in [0.1, 0.15) is 0 Å². The molecule has 0 spiro atoms. The minimum Gasteiger partial charge on any atom is -0.0843 e. The fraction of sp³-hybridized carbons (Fsp3) is 0. The molecule has 0 atom stereocenters. The van der Waals surface area contributed by atoms with E-state index in [4.69, 9.17) is 23.2 Å². The zero-order valence-electron chi connectivity index (χ0n) is 4.77. The van der Waals surface area contributed by atoms with Gasteiger partial charge in [0.1, 0.15) is 0 Å². The molecule has 0 saturated carbocycles. The molecule has 1 rings (SSSR count). The van der Waals surface area contributed by atoms with Crippen molar-refractivity contribution in [3.8, 4) is 0 Å². The topological polar surface area (TPSA) is 0 Å². The van der Waals surface area contributed by atoms with Crippen molar-refractivity contribution >= 4 is 48.2 Å². The normalized spacial score (nSPS) is 9.90. The first-order valence-corrected chi connectivity index (χ1v) is 5.89. The summed E-state index contributed by atoms with van der Waals surface area (Å²) in [5.74, 6) is 0. The summed E-state index contributed by atoms with van der Waals surface area (Å²) >= 11 is 14.7. The van der Waals surface area contributed by atoms with Crippen LogP contribution in [0.4, 0.5) is 0 Å². The number of hydrogen-bond donors (Lipinski definition) is 0. The molecule has 0 N–H and O–H groups in total. The molecule has 54 valence electrons. The van der Waals surface area contributed by atoms with E-state index >= 15 is 0 Å². The van der Waals surface area contributed by atoms with Crippen molar-refractivity contribution in [3.05, 3.63) is 28.2 Å². The molecule has 0 fully saturated rings. The van der Waals surface area contributed by atoms with Crippen LogP contribution in [0.2, 0.25) is 10.0 Å². The van der Waals surface area contributed by atoms with Gasteiger partial charge in [-0.05, 0) is 43.2 Å². The van der Waals surface area contributed by atoms with E-state index in [0.717, 1.165) is 4.90 Å². The fourth-order valence-electron chi connectivity index (χ4n) is 0.536. The lowest BCUT2D eigenvalue weighted by Crippen LogP contribution is -1.69. The van der Waals surface area contributed by atoms with E-state index in [-0.39, 0.29) is 0 Å². The first-order chi connectivity index (χ1) is 4.74. The summed E-state index contributed by atoms with van der Waals surface area (Å²) in [5.41, 5.74) is 0. The molecule has 0 bridgehead atoms. The molecule has 0 aliphatic carbocycles. The molecule has 0 aliphatic heterocycles. The Labute approximate surface area is 81.1 Å². The molecular formula is C6H3BrCl2S.